The van der Waals surface area contributed by atoms with Gasteiger partial charge in [0.1, 0.15) is 12.1 Å². The number of ketones is 1. The van der Waals surface area contributed by atoms with Gasteiger partial charge in [0.25, 0.3) is 0 Å². The van der Waals surface area contributed by atoms with Gasteiger partial charge < -0.3 is 22.8 Å². The fourth-order valence-electron chi connectivity index (χ4n) is 3.03. The van der Waals surface area contributed by atoms with Crippen molar-refractivity contribution in [2.24, 2.45) is 0 Å². The van der Waals surface area contributed by atoms with Gasteiger partial charge in [-0.15, -0.1) is 0 Å². The quantitative estimate of drug-likeness (QED) is 0.551. The maximum Gasteiger partial charge on any atom is 0.170 e. The fourth-order valence-corrected chi connectivity index (χ4v) is 3.03. The van der Waals surface area contributed by atoms with E-state index in [1.165, 1.54) is 0 Å². The predicted octanol–water partition coefficient (Wildman–Crippen LogP) is -0.503. The molecule has 3 rings (SSSR count). The summed E-state index contributed by atoms with van der Waals surface area (Å²) in [7, 11) is 0. The zero-order chi connectivity index (χ0) is 17.6. The number of hydrogen-bond acceptors (Lipinski definition) is 3. The van der Waals surface area contributed by atoms with Crippen LogP contribution in [0.5, 0.6) is 0 Å². The first kappa shape index (κ1) is 20.0. The van der Waals surface area contributed by atoms with E-state index in [-0.39, 0.29) is 24.2 Å². The molecule has 26 heavy (non-hydrogen) atoms. The van der Waals surface area contributed by atoms with E-state index in [1.807, 2.05) is 66.8 Å². The Labute approximate surface area is 159 Å². The summed E-state index contributed by atoms with van der Waals surface area (Å²) in [5.41, 5.74) is 1.57. The molecule has 0 aliphatic rings. The van der Waals surface area contributed by atoms with Crippen molar-refractivity contribution in [3.63, 3.8) is 0 Å². The zero-order valence-electron chi connectivity index (χ0n) is 14.7. The fraction of sp³-hybridized carbons (Fsp3) is 0.238. The highest BCUT2D eigenvalue weighted by molar-refractivity contribution is 6.07. The maximum absolute atomic E-state index is 12.6. The summed E-state index contributed by atoms with van der Waals surface area (Å²) in [6.07, 6.45) is 3.29. The number of quaternary nitrogens is 1. The molecule has 2 unspecified atom stereocenters. The first-order valence-electron chi connectivity index (χ1n) is 8.59. The molecule has 3 aromatic rings. The molecule has 1 aromatic heterocycles. The van der Waals surface area contributed by atoms with Crippen LogP contribution in [0.1, 0.15) is 35.4 Å². The van der Waals surface area contributed by atoms with Crippen molar-refractivity contribution >= 4 is 16.6 Å². The van der Waals surface area contributed by atoms with Crippen LogP contribution in [0.4, 0.5) is 0 Å². The van der Waals surface area contributed by atoms with Crippen molar-refractivity contribution in [1.82, 2.24) is 4.98 Å². The second-order valence-electron chi connectivity index (χ2n) is 6.32. The minimum Gasteiger partial charge on any atom is -1.00 e. The van der Waals surface area contributed by atoms with Gasteiger partial charge >= 0.3 is 0 Å². The average molecular weight is 371 g/mol. The Bertz CT molecular complexity index is 850. The van der Waals surface area contributed by atoms with Gasteiger partial charge in [0, 0.05) is 23.3 Å². The first-order valence-corrected chi connectivity index (χ1v) is 8.59. The lowest BCUT2D eigenvalue weighted by atomic mass is 10.0. The topological polar surface area (TPSA) is 66.8 Å². The second-order valence-corrected chi connectivity index (χ2v) is 6.32. The van der Waals surface area contributed by atoms with Gasteiger partial charge in [0.15, 0.2) is 5.78 Å². The number of benzene rings is 2. The van der Waals surface area contributed by atoms with E-state index >= 15 is 0 Å². The Morgan fingerprint density at radius 1 is 1.08 bits per heavy atom. The number of aromatic nitrogens is 1. The lowest BCUT2D eigenvalue weighted by molar-refractivity contribution is -0.693. The number of carbonyl (C=O) groups excluding carboxylic acids is 1. The summed E-state index contributed by atoms with van der Waals surface area (Å²) < 4.78 is 0. The average Bonchev–Trinajstić information content (AvgIpc) is 2.67. The number of hydrogen-bond donors (Lipinski definition) is 2. The predicted molar refractivity (Wildman–Crippen MR) is 98.3 cm³/mol. The molecule has 4 nitrogen and oxygen atoms in total. The molecule has 0 radical (unpaired) electrons. The van der Waals surface area contributed by atoms with Gasteiger partial charge in [-0.3, -0.25) is 9.78 Å². The minimum atomic E-state index is -0.546. The molecule has 0 aliphatic heterocycles. The van der Waals surface area contributed by atoms with E-state index in [4.69, 9.17) is 0 Å². The monoisotopic (exact) mass is 370 g/mol. The molecular weight excluding hydrogens is 348 g/mol. The minimum absolute atomic E-state index is 0. The van der Waals surface area contributed by atoms with Crippen LogP contribution < -0.4 is 17.7 Å². The van der Waals surface area contributed by atoms with E-state index in [9.17, 15) is 9.90 Å². The zero-order valence-corrected chi connectivity index (χ0v) is 15.4. The molecule has 0 saturated heterocycles. The Hall–Kier alpha value is -2.27. The Balaban J connectivity index is 0.00000243. The van der Waals surface area contributed by atoms with Crippen LogP contribution in [-0.2, 0) is 0 Å². The molecule has 0 aliphatic carbocycles. The summed E-state index contributed by atoms with van der Waals surface area (Å²) in [4.78, 5) is 16.7. The van der Waals surface area contributed by atoms with Gasteiger partial charge in [-0.25, -0.2) is 0 Å². The Kier molecular flexibility index (Phi) is 7.27. The van der Waals surface area contributed by atoms with E-state index in [0.29, 0.717) is 18.5 Å². The van der Waals surface area contributed by atoms with Crippen LogP contribution in [0.2, 0.25) is 0 Å². The molecule has 2 aromatic carbocycles. The molecule has 5 heteroatoms. The van der Waals surface area contributed by atoms with Gasteiger partial charge in [0.2, 0.25) is 0 Å². The normalized spacial score (nSPS) is 13.0. The molecule has 1 heterocycles. The van der Waals surface area contributed by atoms with Crippen molar-refractivity contribution in [2.75, 3.05) is 6.54 Å². The second kappa shape index (κ2) is 9.43. The van der Waals surface area contributed by atoms with Crippen LogP contribution in [0.25, 0.3) is 10.8 Å². The third kappa shape index (κ3) is 4.67. The number of pyridine rings is 1. The highest BCUT2D eigenvalue weighted by Crippen LogP contribution is 2.18. The molecule has 3 N–H and O–H groups in total. The van der Waals surface area contributed by atoms with E-state index in [2.05, 4.69) is 4.98 Å². The number of aliphatic hydroxyl groups is 1. The summed E-state index contributed by atoms with van der Waals surface area (Å²) in [5, 5.41) is 14.3. The van der Waals surface area contributed by atoms with Gasteiger partial charge in [0.05, 0.1) is 13.0 Å². The van der Waals surface area contributed by atoms with Crippen molar-refractivity contribution in [1.29, 1.82) is 0 Å². The highest BCUT2D eigenvalue weighted by atomic mass is 35.5. The van der Waals surface area contributed by atoms with Crippen LogP contribution >= 0.6 is 0 Å². The van der Waals surface area contributed by atoms with Crippen molar-refractivity contribution in [3.05, 3.63) is 78.1 Å². The number of rotatable bonds is 7. The molecule has 0 bridgehead atoms. The summed E-state index contributed by atoms with van der Waals surface area (Å²) in [6, 6.07) is 17.4. The number of carbonyl (C=O) groups is 1. The number of aliphatic hydroxyl groups excluding tert-OH is 1. The SMILES string of the molecule is CC([NH2+]CCC(=O)c1cncc2ccccc12)C(O)c1ccccc1.[Cl-]. The molecule has 0 amide bonds. The van der Waals surface area contributed by atoms with Crippen LogP contribution in [0.3, 0.4) is 0 Å². The van der Waals surface area contributed by atoms with E-state index < -0.39 is 6.10 Å². The maximum atomic E-state index is 12.6. The number of Topliss-reactive ketones (excluding diaryl/α,β-unsaturated/α-hetero) is 1. The standard InChI is InChI=1S/C21H22N2O2.ClH/c1-15(21(25)16-7-3-2-4-8-16)23-12-11-20(24)19-14-22-13-17-9-5-6-10-18(17)19;/h2-10,13-15,21,23,25H,11-12H2,1H3;1H. The van der Waals surface area contributed by atoms with E-state index in [0.717, 1.165) is 16.3 Å². The van der Waals surface area contributed by atoms with Crippen LogP contribution in [0, 0.1) is 0 Å². The van der Waals surface area contributed by atoms with E-state index in [1.54, 1.807) is 12.4 Å². The van der Waals surface area contributed by atoms with Crippen molar-refractivity contribution in [2.45, 2.75) is 25.5 Å². The largest absolute Gasteiger partial charge is 1.00 e. The summed E-state index contributed by atoms with van der Waals surface area (Å²) in [6.45, 7) is 2.61. The molecule has 0 saturated carbocycles. The van der Waals surface area contributed by atoms with Gasteiger partial charge in [-0.05, 0) is 17.9 Å². The summed E-state index contributed by atoms with van der Waals surface area (Å²) >= 11 is 0. The third-order valence-corrected chi connectivity index (χ3v) is 4.52. The van der Waals surface area contributed by atoms with Crippen molar-refractivity contribution in [3.8, 4) is 0 Å². The molecule has 2 atom stereocenters. The molecule has 136 valence electrons. The molecule has 0 spiro atoms. The number of fused-ring (bicyclic) bond motifs is 1. The number of halogens is 1. The number of nitrogens with zero attached hydrogens (tertiary/aromatic N) is 1. The summed E-state index contributed by atoms with van der Waals surface area (Å²) in [5.74, 6) is 0.0851. The van der Waals surface area contributed by atoms with Crippen LogP contribution in [0.15, 0.2) is 67.0 Å². The first-order chi connectivity index (χ1) is 12.2. The Morgan fingerprint density at radius 3 is 2.54 bits per heavy atom. The lowest BCUT2D eigenvalue weighted by Gasteiger charge is -2.17. The number of nitrogens with two attached hydrogens (primary N) is 1. The molecule has 0 fully saturated rings. The molecular formula is C21H23ClN2O2. The lowest BCUT2D eigenvalue weighted by Crippen LogP contribution is -3.00. The highest BCUT2D eigenvalue weighted by Gasteiger charge is 2.19. The van der Waals surface area contributed by atoms with Crippen LogP contribution in [-0.4, -0.2) is 28.5 Å². The smallest absolute Gasteiger partial charge is 0.170 e. The van der Waals surface area contributed by atoms with Gasteiger partial charge in [-0.2, -0.15) is 0 Å². The third-order valence-electron chi connectivity index (χ3n) is 4.52. The Morgan fingerprint density at radius 2 is 1.77 bits per heavy atom. The van der Waals surface area contributed by atoms with Crippen molar-refractivity contribution < 1.29 is 27.6 Å². The van der Waals surface area contributed by atoms with Gasteiger partial charge in [-0.1, -0.05) is 54.6 Å².